The SMILES string of the molecule is Fc1cc(-c2ccccc2Oc2cc(N3CCC3)ncn2)ccc1-c1cnccn1. The van der Waals surface area contributed by atoms with Crippen molar-refractivity contribution in [3.05, 3.63) is 79.3 Å². The lowest BCUT2D eigenvalue weighted by molar-refractivity contribution is 0.462. The van der Waals surface area contributed by atoms with Crippen LogP contribution in [0.3, 0.4) is 0 Å². The largest absolute Gasteiger partial charge is 0.438 e. The molecule has 5 rings (SSSR count). The van der Waals surface area contributed by atoms with Crippen molar-refractivity contribution in [2.24, 2.45) is 0 Å². The minimum atomic E-state index is -0.370. The van der Waals surface area contributed by atoms with Gasteiger partial charge in [-0.15, -0.1) is 0 Å². The summed E-state index contributed by atoms with van der Waals surface area (Å²) >= 11 is 0. The van der Waals surface area contributed by atoms with Gasteiger partial charge in [0.15, 0.2) is 0 Å². The van der Waals surface area contributed by atoms with E-state index < -0.39 is 0 Å². The molecule has 1 fully saturated rings. The van der Waals surface area contributed by atoms with Crippen LogP contribution in [0.15, 0.2) is 73.4 Å². The molecule has 0 unspecified atom stereocenters. The van der Waals surface area contributed by atoms with Gasteiger partial charge >= 0.3 is 0 Å². The van der Waals surface area contributed by atoms with Gasteiger partial charge in [0.1, 0.15) is 23.7 Å². The zero-order valence-electron chi connectivity index (χ0n) is 16.1. The maximum absolute atomic E-state index is 14.8. The summed E-state index contributed by atoms with van der Waals surface area (Å²) in [5.74, 6) is 1.53. The molecule has 1 aliphatic heterocycles. The first-order chi connectivity index (χ1) is 14.8. The van der Waals surface area contributed by atoms with Crippen molar-refractivity contribution >= 4 is 5.82 Å². The monoisotopic (exact) mass is 399 g/mol. The Labute approximate surface area is 173 Å². The normalized spacial score (nSPS) is 13.0. The van der Waals surface area contributed by atoms with Gasteiger partial charge in [0.05, 0.1) is 11.9 Å². The predicted molar refractivity (Wildman–Crippen MR) is 112 cm³/mol. The molecular weight excluding hydrogens is 381 g/mol. The van der Waals surface area contributed by atoms with E-state index in [0.717, 1.165) is 24.5 Å². The van der Waals surface area contributed by atoms with Crippen molar-refractivity contribution in [2.75, 3.05) is 18.0 Å². The smallest absolute Gasteiger partial charge is 0.224 e. The molecule has 148 valence electrons. The van der Waals surface area contributed by atoms with E-state index in [9.17, 15) is 4.39 Å². The Balaban J connectivity index is 1.46. The van der Waals surface area contributed by atoms with Gasteiger partial charge in [0, 0.05) is 42.7 Å². The number of rotatable bonds is 5. The summed E-state index contributed by atoms with van der Waals surface area (Å²) in [6.07, 6.45) is 7.31. The average molecular weight is 399 g/mol. The standard InChI is InChI=1S/C23H18FN5O/c24-19-12-16(6-7-18(19)20-14-25-8-9-26-20)17-4-1-2-5-21(17)30-23-13-22(27-15-28-23)29-10-3-11-29/h1-2,4-9,12-15H,3,10-11H2. The van der Waals surface area contributed by atoms with Crippen molar-refractivity contribution in [1.82, 2.24) is 19.9 Å². The summed E-state index contributed by atoms with van der Waals surface area (Å²) in [7, 11) is 0. The molecule has 0 saturated carbocycles. The number of benzene rings is 2. The zero-order chi connectivity index (χ0) is 20.3. The van der Waals surface area contributed by atoms with Crippen LogP contribution in [0.4, 0.5) is 10.2 Å². The van der Waals surface area contributed by atoms with Gasteiger partial charge < -0.3 is 9.64 Å². The lowest BCUT2D eigenvalue weighted by Gasteiger charge is -2.31. The molecule has 0 aliphatic carbocycles. The molecule has 2 aromatic heterocycles. The summed E-state index contributed by atoms with van der Waals surface area (Å²) in [6, 6.07) is 14.4. The van der Waals surface area contributed by atoms with Gasteiger partial charge in [0.2, 0.25) is 5.88 Å². The number of aromatic nitrogens is 4. The lowest BCUT2D eigenvalue weighted by Crippen LogP contribution is -2.37. The van der Waals surface area contributed by atoms with E-state index in [1.807, 2.05) is 36.4 Å². The summed E-state index contributed by atoms with van der Waals surface area (Å²) in [6.45, 7) is 1.98. The molecule has 0 N–H and O–H groups in total. The van der Waals surface area contributed by atoms with Gasteiger partial charge in [-0.05, 0) is 30.2 Å². The highest BCUT2D eigenvalue weighted by molar-refractivity contribution is 5.73. The first kappa shape index (κ1) is 18.2. The molecule has 2 aromatic carbocycles. The first-order valence-electron chi connectivity index (χ1n) is 9.68. The highest BCUT2D eigenvalue weighted by Crippen LogP contribution is 2.35. The molecule has 0 amide bonds. The summed E-state index contributed by atoms with van der Waals surface area (Å²) in [5, 5.41) is 0. The van der Waals surface area contributed by atoms with E-state index in [1.165, 1.54) is 18.8 Å². The third kappa shape index (κ3) is 3.57. The van der Waals surface area contributed by atoms with Gasteiger partial charge in [-0.2, -0.15) is 0 Å². The van der Waals surface area contributed by atoms with Crippen LogP contribution in [-0.2, 0) is 0 Å². The third-order valence-corrected chi connectivity index (χ3v) is 5.03. The van der Waals surface area contributed by atoms with E-state index in [0.29, 0.717) is 28.5 Å². The molecule has 30 heavy (non-hydrogen) atoms. The molecule has 6 nitrogen and oxygen atoms in total. The van der Waals surface area contributed by atoms with Crippen molar-refractivity contribution in [1.29, 1.82) is 0 Å². The molecule has 7 heteroatoms. The Morgan fingerprint density at radius 3 is 2.57 bits per heavy atom. The number of halogens is 1. The van der Waals surface area contributed by atoms with Crippen LogP contribution in [0.2, 0.25) is 0 Å². The first-order valence-corrected chi connectivity index (χ1v) is 9.68. The highest BCUT2D eigenvalue weighted by Gasteiger charge is 2.17. The van der Waals surface area contributed by atoms with Gasteiger partial charge in [-0.3, -0.25) is 9.97 Å². The summed E-state index contributed by atoms with van der Waals surface area (Å²) in [5.41, 5.74) is 2.37. The van der Waals surface area contributed by atoms with Crippen molar-refractivity contribution in [2.45, 2.75) is 6.42 Å². The van der Waals surface area contributed by atoms with Crippen molar-refractivity contribution in [3.63, 3.8) is 0 Å². The Kier molecular flexibility index (Phi) is 4.77. The topological polar surface area (TPSA) is 64.0 Å². The van der Waals surface area contributed by atoms with Gasteiger partial charge in [0.25, 0.3) is 0 Å². The van der Waals surface area contributed by atoms with Crippen molar-refractivity contribution in [3.8, 4) is 34.0 Å². The third-order valence-electron chi connectivity index (χ3n) is 5.03. The minimum Gasteiger partial charge on any atom is -0.438 e. The van der Waals surface area contributed by atoms with E-state index in [1.54, 1.807) is 24.7 Å². The van der Waals surface area contributed by atoms with Crippen molar-refractivity contribution < 1.29 is 9.13 Å². The van der Waals surface area contributed by atoms with Crippen LogP contribution >= 0.6 is 0 Å². The maximum Gasteiger partial charge on any atom is 0.224 e. The average Bonchev–Trinajstić information content (AvgIpc) is 2.74. The fourth-order valence-electron chi connectivity index (χ4n) is 3.34. The lowest BCUT2D eigenvalue weighted by atomic mass is 10.0. The predicted octanol–water partition coefficient (Wildman–Crippen LogP) is 4.74. The van der Waals surface area contributed by atoms with Crippen LogP contribution in [0.25, 0.3) is 22.4 Å². The van der Waals surface area contributed by atoms with Crippen LogP contribution in [0, 0.1) is 5.82 Å². The number of hydrogen-bond donors (Lipinski definition) is 0. The highest BCUT2D eigenvalue weighted by atomic mass is 19.1. The Bertz CT molecular complexity index is 1180. The second kappa shape index (κ2) is 7.87. The zero-order valence-corrected chi connectivity index (χ0v) is 16.1. The molecule has 0 bridgehead atoms. The maximum atomic E-state index is 14.8. The molecule has 1 aliphatic rings. The van der Waals surface area contributed by atoms with E-state index >= 15 is 0 Å². The van der Waals surface area contributed by atoms with E-state index in [4.69, 9.17) is 4.74 Å². The number of anilines is 1. The minimum absolute atomic E-state index is 0.370. The molecular formula is C23H18FN5O. The molecule has 0 spiro atoms. The number of para-hydroxylation sites is 1. The molecule has 0 radical (unpaired) electrons. The van der Waals surface area contributed by atoms with E-state index in [2.05, 4.69) is 24.8 Å². The molecule has 0 atom stereocenters. The summed E-state index contributed by atoms with van der Waals surface area (Å²) < 4.78 is 20.9. The quantitative estimate of drug-likeness (QED) is 0.483. The fourth-order valence-corrected chi connectivity index (χ4v) is 3.34. The molecule has 4 aromatic rings. The second-order valence-electron chi connectivity index (χ2n) is 6.94. The second-order valence-corrected chi connectivity index (χ2v) is 6.94. The van der Waals surface area contributed by atoms with Crippen LogP contribution in [-0.4, -0.2) is 33.0 Å². The number of hydrogen-bond acceptors (Lipinski definition) is 6. The number of ether oxygens (including phenoxy) is 1. The Morgan fingerprint density at radius 1 is 0.900 bits per heavy atom. The van der Waals surface area contributed by atoms with Crippen LogP contribution < -0.4 is 9.64 Å². The van der Waals surface area contributed by atoms with E-state index in [-0.39, 0.29) is 5.82 Å². The molecule has 1 saturated heterocycles. The fraction of sp³-hybridized carbons (Fsp3) is 0.130. The van der Waals surface area contributed by atoms with Gasteiger partial charge in [-0.1, -0.05) is 24.3 Å². The molecule has 3 heterocycles. The van der Waals surface area contributed by atoms with Crippen LogP contribution in [0.5, 0.6) is 11.6 Å². The number of nitrogens with zero attached hydrogens (tertiary/aromatic N) is 5. The summed E-state index contributed by atoms with van der Waals surface area (Å²) in [4.78, 5) is 18.9. The Hall–Kier alpha value is -3.87. The van der Waals surface area contributed by atoms with Gasteiger partial charge in [-0.25, -0.2) is 14.4 Å². The Morgan fingerprint density at radius 2 is 1.80 bits per heavy atom. The van der Waals surface area contributed by atoms with Crippen LogP contribution in [0.1, 0.15) is 6.42 Å².